The van der Waals surface area contributed by atoms with Gasteiger partial charge in [-0.25, -0.2) is 4.98 Å². The predicted octanol–water partition coefficient (Wildman–Crippen LogP) is 4.55. The number of aryl methyl sites for hydroxylation is 2. The summed E-state index contributed by atoms with van der Waals surface area (Å²) in [6.07, 6.45) is 3.22. The fraction of sp³-hybridized carbons (Fsp3) is 0.333. The van der Waals surface area contributed by atoms with E-state index in [-0.39, 0.29) is 17.2 Å². The number of imidazole rings is 1. The van der Waals surface area contributed by atoms with E-state index < -0.39 is 0 Å². The molecule has 3 aromatic rings. The molecule has 4 rings (SSSR count). The molecule has 2 aromatic carbocycles. The zero-order valence-corrected chi connectivity index (χ0v) is 15.9. The lowest BCUT2D eigenvalue weighted by molar-refractivity contribution is -0.121. The molecule has 26 heavy (non-hydrogen) atoms. The van der Waals surface area contributed by atoms with Crippen LogP contribution in [0.2, 0.25) is 0 Å². The molecule has 0 spiro atoms. The Bertz CT molecular complexity index is 949. The Hall–Kier alpha value is -2.27. The van der Waals surface area contributed by atoms with Crippen LogP contribution in [0.4, 0.5) is 0 Å². The minimum Gasteiger partial charge on any atom is -0.348 e. The molecule has 1 aliphatic rings. The Kier molecular flexibility index (Phi) is 4.72. The number of carbonyl (C=O) groups is 1. The van der Waals surface area contributed by atoms with Gasteiger partial charge in [-0.2, -0.15) is 0 Å². The average molecular weight is 366 g/mol. The highest BCUT2D eigenvalue weighted by atomic mass is 32.2. The summed E-state index contributed by atoms with van der Waals surface area (Å²) in [7, 11) is 0. The molecule has 1 aliphatic carbocycles. The van der Waals surface area contributed by atoms with Gasteiger partial charge in [0.25, 0.3) is 0 Å². The first kappa shape index (κ1) is 17.2. The van der Waals surface area contributed by atoms with Gasteiger partial charge in [0.05, 0.1) is 22.3 Å². The van der Waals surface area contributed by atoms with Crippen LogP contribution in [0.25, 0.3) is 11.0 Å². The van der Waals surface area contributed by atoms with E-state index in [1.54, 1.807) is 0 Å². The van der Waals surface area contributed by atoms with Crippen molar-refractivity contribution in [3.63, 3.8) is 0 Å². The molecular formula is C21H23N3OS. The van der Waals surface area contributed by atoms with Gasteiger partial charge >= 0.3 is 0 Å². The Balaban J connectivity index is 1.45. The summed E-state index contributed by atoms with van der Waals surface area (Å²) in [5.74, 6) is 0.0633. The maximum Gasteiger partial charge on any atom is 0.233 e. The summed E-state index contributed by atoms with van der Waals surface area (Å²) in [5.41, 5.74) is 5.77. The number of nitrogens with zero attached hydrogens (tertiary/aromatic N) is 1. The highest BCUT2D eigenvalue weighted by Gasteiger charge is 2.24. The van der Waals surface area contributed by atoms with Gasteiger partial charge in [0, 0.05) is 0 Å². The summed E-state index contributed by atoms with van der Waals surface area (Å²) in [5, 5.41) is 3.82. The second kappa shape index (κ2) is 7.16. The Morgan fingerprint density at radius 3 is 3.04 bits per heavy atom. The van der Waals surface area contributed by atoms with E-state index in [1.807, 2.05) is 19.1 Å². The molecule has 1 aromatic heterocycles. The minimum absolute atomic E-state index is 0.0633. The topological polar surface area (TPSA) is 57.8 Å². The number of hydrogen-bond donors (Lipinski definition) is 2. The third kappa shape index (κ3) is 3.49. The number of benzene rings is 2. The zero-order chi connectivity index (χ0) is 18.1. The molecule has 2 N–H and O–H groups in total. The van der Waals surface area contributed by atoms with E-state index in [9.17, 15) is 4.79 Å². The second-order valence-electron chi connectivity index (χ2n) is 6.97. The summed E-state index contributed by atoms with van der Waals surface area (Å²) >= 11 is 1.47. The van der Waals surface area contributed by atoms with Gasteiger partial charge in [-0.1, -0.05) is 42.1 Å². The lowest BCUT2D eigenvalue weighted by Gasteiger charge is -2.27. The first-order chi connectivity index (χ1) is 12.6. The molecule has 1 amide bonds. The van der Waals surface area contributed by atoms with Crippen LogP contribution in [0.15, 0.2) is 47.6 Å². The van der Waals surface area contributed by atoms with E-state index in [0.29, 0.717) is 0 Å². The van der Waals surface area contributed by atoms with Crippen LogP contribution in [-0.2, 0) is 11.2 Å². The number of nitrogens with one attached hydrogen (secondary N) is 2. The van der Waals surface area contributed by atoms with Crippen LogP contribution >= 0.6 is 11.8 Å². The lowest BCUT2D eigenvalue weighted by atomic mass is 9.88. The third-order valence-corrected chi connectivity index (χ3v) is 5.94. The number of aromatic amines is 1. The average Bonchev–Trinajstić information content (AvgIpc) is 3.03. The van der Waals surface area contributed by atoms with Crippen molar-refractivity contribution in [3.05, 3.63) is 59.2 Å². The van der Waals surface area contributed by atoms with Crippen molar-refractivity contribution in [1.82, 2.24) is 15.3 Å². The molecule has 0 unspecified atom stereocenters. The number of H-pyrrole nitrogens is 1. The number of rotatable bonds is 4. The van der Waals surface area contributed by atoms with Gasteiger partial charge in [-0.05, 0) is 61.9 Å². The molecular weight excluding hydrogens is 342 g/mol. The van der Waals surface area contributed by atoms with Crippen LogP contribution in [0, 0.1) is 6.92 Å². The highest BCUT2D eigenvalue weighted by molar-refractivity contribution is 8.00. The van der Waals surface area contributed by atoms with E-state index in [2.05, 4.69) is 52.5 Å². The van der Waals surface area contributed by atoms with Crippen LogP contribution in [0.3, 0.4) is 0 Å². The van der Waals surface area contributed by atoms with Gasteiger partial charge in [-0.3, -0.25) is 4.79 Å². The van der Waals surface area contributed by atoms with Gasteiger partial charge < -0.3 is 10.3 Å². The van der Waals surface area contributed by atoms with Gasteiger partial charge in [0.15, 0.2) is 5.16 Å². The summed E-state index contributed by atoms with van der Waals surface area (Å²) < 4.78 is 0. The summed E-state index contributed by atoms with van der Waals surface area (Å²) in [4.78, 5) is 20.6. The van der Waals surface area contributed by atoms with Gasteiger partial charge in [0.2, 0.25) is 5.91 Å². The first-order valence-corrected chi connectivity index (χ1v) is 9.99. The number of hydrogen-bond acceptors (Lipinski definition) is 3. The predicted molar refractivity (Wildman–Crippen MR) is 106 cm³/mol. The molecule has 0 radical (unpaired) electrons. The highest BCUT2D eigenvalue weighted by Crippen LogP contribution is 2.30. The van der Waals surface area contributed by atoms with Crippen molar-refractivity contribution in [3.8, 4) is 0 Å². The molecule has 0 aliphatic heterocycles. The molecule has 134 valence electrons. The van der Waals surface area contributed by atoms with Crippen LogP contribution in [0.1, 0.15) is 42.5 Å². The van der Waals surface area contributed by atoms with E-state index in [0.717, 1.165) is 35.5 Å². The third-order valence-electron chi connectivity index (χ3n) is 4.96. The second-order valence-corrected chi connectivity index (χ2v) is 8.30. The fourth-order valence-electron chi connectivity index (χ4n) is 3.57. The molecule has 2 atom stereocenters. The standard InChI is InChI=1S/C21H23N3OS/c1-13-10-11-18-19(12-13)24-21(23-18)26-14(2)20(25)22-17-9-5-7-15-6-3-4-8-16(15)17/h3-4,6,8,10-12,14,17H,5,7,9H2,1-2H3,(H,22,25)(H,23,24)/t14-,17-/m1/s1. The Morgan fingerprint density at radius 2 is 2.15 bits per heavy atom. The molecule has 1 heterocycles. The Morgan fingerprint density at radius 1 is 1.31 bits per heavy atom. The number of carbonyl (C=O) groups excluding carboxylic acids is 1. The van der Waals surface area contributed by atoms with Crippen LogP contribution < -0.4 is 5.32 Å². The zero-order valence-electron chi connectivity index (χ0n) is 15.1. The molecule has 4 nitrogen and oxygen atoms in total. The number of aromatic nitrogens is 2. The molecule has 0 bridgehead atoms. The fourth-order valence-corrected chi connectivity index (χ4v) is 4.40. The summed E-state index contributed by atoms with van der Waals surface area (Å²) in [6.45, 7) is 4.00. The van der Waals surface area contributed by atoms with Crippen molar-refractivity contribution in [2.45, 2.75) is 49.6 Å². The van der Waals surface area contributed by atoms with Crippen molar-refractivity contribution in [2.24, 2.45) is 0 Å². The van der Waals surface area contributed by atoms with Gasteiger partial charge in [0.1, 0.15) is 0 Å². The van der Waals surface area contributed by atoms with Crippen molar-refractivity contribution in [2.75, 3.05) is 0 Å². The SMILES string of the molecule is Cc1ccc2nc(S[C@H](C)C(=O)N[C@@H]3CCCc4ccccc43)[nH]c2c1. The number of thioether (sulfide) groups is 1. The molecule has 0 fully saturated rings. The summed E-state index contributed by atoms with van der Waals surface area (Å²) in [6, 6.07) is 14.7. The quantitative estimate of drug-likeness (QED) is 0.667. The maximum atomic E-state index is 12.7. The molecule has 5 heteroatoms. The lowest BCUT2D eigenvalue weighted by Crippen LogP contribution is -2.35. The number of amides is 1. The molecule has 0 saturated carbocycles. The van der Waals surface area contributed by atoms with Crippen LogP contribution in [0.5, 0.6) is 0 Å². The minimum atomic E-state index is -0.203. The van der Waals surface area contributed by atoms with E-state index in [1.165, 1.54) is 28.5 Å². The number of fused-ring (bicyclic) bond motifs is 2. The van der Waals surface area contributed by atoms with Crippen molar-refractivity contribution < 1.29 is 4.79 Å². The van der Waals surface area contributed by atoms with Crippen LogP contribution in [-0.4, -0.2) is 21.1 Å². The van der Waals surface area contributed by atoms with Gasteiger partial charge in [-0.15, -0.1) is 0 Å². The van der Waals surface area contributed by atoms with Crippen molar-refractivity contribution in [1.29, 1.82) is 0 Å². The largest absolute Gasteiger partial charge is 0.348 e. The van der Waals surface area contributed by atoms with E-state index in [4.69, 9.17) is 0 Å². The van der Waals surface area contributed by atoms with E-state index >= 15 is 0 Å². The smallest absolute Gasteiger partial charge is 0.233 e. The first-order valence-electron chi connectivity index (χ1n) is 9.11. The monoisotopic (exact) mass is 365 g/mol. The molecule has 0 saturated heterocycles. The normalized spacial score (nSPS) is 17.7. The van der Waals surface area contributed by atoms with Crippen molar-refractivity contribution >= 4 is 28.7 Å². The Labute approximate surface area is 157 Å². The maximum absolute atomic E-state index is 12.7.